The van der Waals surface area contributed by atoms with E-state index in [0.29, 0.717) is 0 Å². The first-order chi connectivity index (χ1) is 16.0. The van der Waals surface area contributed by atoms with Gasteiger partial charge in [-0.1, -0.05) is 26.0 Å². The van der Waals surface area contributed by atoms with Gasteiger partial charge in [0.05, 0.1) is 24.1 Å². The predicted octanol–water partition coefficient (Wildman–Crippen LogP) is 5.47. The lowest BCUT2D eigenvalue weighted by Crippen LogP contribution is -2.16. The van der Waals surface area contributed by atoms with Gasteiger partial charge in [-0.15, -0.1) is 0 Å². The predicted molar refractivity (Wildman–Crippen MR) is 138 cm³/mol. The highest BCUT2D eigenvalue weighted by Crippen LogP contribution is 2.38. The third kappa shape index (κ3) is 6.48. The van der Waals surface area contributed by atoms with E-state index in [1.807, 2.05) is 24.3 Å². The molecule has 0 radical (unpaired) electrons. The first-order valence-corrected chi connectivity index (χ1v) is 13.0. The second-order valence-corrected chi connectivity index (χ2v) is 10.5. The molecule has 0 amide bonds. The number of hydrogen-bond acceptors (Lipinski definition) is 5. The summed E-state index contributed by atoms with van der Waals surface area (Å²) in [6.07, 6.45) is 1.95. The quantitative estimate of drug-likeness (QED) is 0.235. The molecule has 3 rings (SSSR count). The van der Waals surface area contributed by atoms with Crippen molar-refractivity contribution in [3.05, 3.63) is 78.4 Å². The summed E-state index contributed by atoms with van der Waals surface area (Å²) in [6, 6.07) is 25.0. The minimum Gasteiger partial charge on any atom is -0.491 e. The van der Waals surface area contributed by atoms with Gasteiger partial charge in [0.1, 0.15) is 24.7 Å². The molecular formula is C27H33O4S2+. The van der Waals surface area contributed by atoms with Crippen LogP contribution in [0.2, 0.25) is 0 Å². The molecule has 3 aromatic carbocycles. The number of rotatable bonds is 12. The van der Waals surface area contributed by atoms with Crippen LogP contribution in [0.3, 0.4) is 0 Å². The standard InChI is InChI=1S/C27H32O4S2/c1-3-27(32,4-2)21-5-11-24(12-6-21)33(25-13-7-22(8-14-25)30-19-17-28)26-15-9-23(10-16-26)31-20-18-29/h5-16,28-29H,3-4,17-20H2,1-2H3/p+1. The zero-order valence-electron chi connectivity index (χ0n) is 19.2. The first-order valence-electron chi connectivity index (χ1n) is 11.3. The van der Waals surface area contributed by atoms with Crippen LogP contribution in [0.25, 0.3) is 0 Å². The lowest BCUT2D eigenvalue weighted by molar-refractivity contribution is 0.201. The average Bonchev–Trinajstić information content (AvgIpc) is 2.88. The van der Waals surface area contributed by atoms with Gasteiger partial charge in [0.15, 0.2) is 14.7 Å². The monoisotopic (exact) mass is 485 g/mol. The summed E-state index contributed by atoms with van der Waals surface area (Å²) in [5.41, 5.74) is 1.24. The van der Waals surface area contributed by atoms with E-state index >= 15 is 0 Å². The molecule has 4 nitrogen and oxygen atoms in total. The van der Waals surface area contributed by atoms with Gasteiger partial charge in [0, 0.05) is 4.75 Å². The molecule has 0 bridgehead atoms. The molecule has 0 aliphatic rings. The molecule has 0 saturated carbocycles. The molecule has 0 fully saturated rings. The fourth-order valence-electron chi connectivity index (χ4n) is 3.64. The van der Waals surface area contributed by atoms with Crippen molar-refractivity contribution in [1.29, 1.82) is 0 Å². The van der Waals surface area contributed by atoms with E-state index in [1.165, 1.54) is 20.2 Å². The van der Waals surface area contributed by atoms with E-state index in [2.05, 4.69) is 62.4 Å². The van der Waals surface area contributed by atoms with Crippen molar-refractivity contribution in [2.45, 2.75) is 46.1 Å². The van der Waals surface area contributed by atoms with Gasteiger partial charge in [0.25, 0.3) is 0 Å². The van der Waals surface area contributed by atoms with E-state index in [1.54, 1.807) is 0 Å². The third-order valence-electron chi connectivity index (χ3n) is 5.64. The van der Waals surface area contributed by atoms with Crippen molar-refractivity contribution in [3.63, 3.8) is 0 Å². The van der Waals surface area contributed by atoms with Gasteiger partial charge in [0.2, 0.25) is 0 Å². The Morgan fingerprint density at radius 3 is 1.36 bits per heavy atom. The molecule has 0 unspecified atom stereocenters. The van der Waals surface area contributed by atoms with Crippen LogP contribution in [0.5, 0.6) is 11.5 Å². The van der Waals surface area contributed by atoms with Crippen LogP contribution in [0.15, 0.2) is 87.5 Å². The normalized spacial score (nSPS) is 11.6. The fourth-order valence-corrected chi connectivity index (χ4v) is 5.83. The molecule has 0 aliphatic heterocycles. The minimum absolute atomic E-state index is 0.00860. The number of ether oxygens (including phenoxy) is 2. The number of aliphatic hydroxyl groups is 2. The minimum atomic E-state index is -0.316. The van der Waals surface area contributed by atoms with Crippen molar-refractivity contribution >= 4 is 23.5 Å². The lowest BCUT2D eigenvalue weighted by atomic mass is 9.93. The third-order valence-corrected chi connectivity index (χ3v) is 8.76. The van der Waals surface area contributed by atoms with E-state index in [-0.39, 0.29) is 42.1 Å². The molecule has 6 heteroatoms. The highest BCUT2D eigenvalue weighted by atomic mass is 32.2. The topological polar surface area (TPSA) is 58.9 Å². The molecule has 0 saturated heterocycles. The summed E-state index contributed by atoms with van der Waals surface area (Å²) in [5, 5.41) is 18.0. The highest BCUT2D eigenvalue weighted by molar-refractivity contribution is 7.97. The Balaban J connectivity index is 1.96. The van der Waals surface area contributed by atoms with Crippen molar-refractivity contribution in [2.24, 2.45) is 0 Å². The van der Waals surface area contributed by atoms with Gasteiger partial charge < -0.3 is 19.7 Å². The molecule has 0 atom stereocenters. The lowest BCUT2D eigenvalue weighted by Gasteiger charge is -2.26. The largest absolute Gasteiger partial charge is 0.491 e. The Morgan fingerprint density at radius 1 is 0.667 bits per heavy atom. The van der Waals surface area contributed by atoms with Crippen LogP contribution in [0.1, 0.15) is 32.3 Å². The molecule has 2 N–H and O–H groups in total. The number of hydrogen-bond donors (Lipinski definition) is 3. The van der Waals surface area contributed by atoms with Crippen LogP contribution < -0.4 is 9.47 Å². The summed E-state index contributed by atoms with van der Waals surface area (Å²) in [4.78, 5) is 3.56. The van der Waals surface area contributed by atoms with E-state index < -0.39 is 0 Å². The average molecular weight is 486 g/mol. The van der Waals surface area contributed by atoms with Gasteiger partial charge in [-0.25, -0.2) is 0 Å². The molecule has 33 heavy (non-hydrogen) atoms. The summed E-state index contributed by atoms with van der Waals surface area (Å²) >= 11 is 4.95. The van der Waals surface area contributed by atoms with Crippen LogP contribution in [-0.2, 0) is 15.6 Å². The molecule has 0 aliphatic carbocycles. The summed E-state index contributed by atoms with van der Waals surface area (Å²) in [7, 11) is -0.316. The summed E-state index contributed by atoms with van der Waals surface area (Å²) < 4.78 is 11.0. The maximum Gasteiger partial charge on any atom is 0.166 e. The van der Waals surface area contributed by atoms with Crippen molar-refractivity contribution in [2.75, 3.05) is 26.4 Å². The second kappa shape index (κ2) is 12.4. The number of aliphatic hydroxyl groups excluding tert-OH is 2. The molecule has 176 valence electrons. The van der Waals surface area contributed by atoms with Gasteiger partial charge >= 0.3 is 0 Å². The van der Waals surface area contributed by atoms with Gasteiger partial charge in [-0.2, -0.15) is 12.6 Å². The summed E-state index contributed by atoms with van der Waals surface area (Å²) in [5.74, 6) is 1.48. The molecular weight excluding hydrogens is 452 g/mol. The Hall–Kier alpha value is -2.12. The Morgan fingerprint density at radius 2 is 1.03 bits per heavy atom. The molecule has 0 aromatic heterocycles. The van der Waals surface area contributed by atoms with E-state index in [9.17, 15) is 0 Å². The smallest absolute Gasteiger partial charge is 0.166 e. The van der Waals surface area contributed by atoms with Crippen LogP contribution in [-0.4, -0.2) is 36.6 Å². The number of benzene rings is 3. The van der Waals surface area contributed by atoms with Crippen molar-refractivity contribution in [1.82, 2.24) is 0 Å². The maximum atomic E-state index is 9.01. The molecule has 0 spiro atoms. The summed E-state index contributed by atoms with van der Waals surface area (Å²) in [6.45, 7) is 4.90. The van der Waals surface area contributed by atoms with Crippen LogP contribution in [0.4, 0.5) is 0 Å². The van der Waals surface area contributed by atoms with Crippen molar-refractivity contribution in [3.8, 4) is 11.5 Å². The number of thiol groups is 1. The highest BCUT2D eigenvalue weighted by Gasteiger charge is 2.30. The van der Waals surface area contributed by atoms with Crippen LogP contribution >= 0.6 is 12.6 Å². The maximum absolute atomic E-state index is 9.01. The van der Waals surface area contributed by atoms with E-state index in [0.717, 1.165) is 24.3 Å². The van der Waals surface area contributed by atoms with Crippen molar-refractivity contribution < 1.29 is 19.7 Å². The van der Waals surface area contributed by atoms with Crippen LogP contribution in [0, 0.1) is 0 Å². The zero-order chi connectivity index (χ0) is 23.7. The molecule has 3 aromatic rings. The zero-order valence-corrected chi connectivity index (χ0v) is 20.9. The SMILES string of the molecule is CCC(S)(CC)c1ccc([S+](c2ccc(OCCO)cc2)c2ccc(OCCO)cc2)cc1. The van der Waals surface area contributed by atoms with Gasteiger partial charge in [-0.3, -0.25) is 0 Å². The Labute approximate surface area is 205 Å². The Bertz CT molecular complexity index is 917. The first kappa shape index (κ1) is 25.5. The fraction of sp³-hybridized carbons (Fsp3) is 0.333. The van der Waals surface area contributed by atoms with E-state index in [4.69, 9.17) is 32.3 Å². The molecule has 0 heterocycles. The van der Waals surface area contributed by atoms with Gasteiger partial charge in [-0.05, 0) is 79.1 Å². The Kier molecular flexibility index (Phi) is 9.56. The second-order valence-electron chi connectivity index (χ2n) is 7.66.